The number of likely N-dealkylation sites (tertiary alicyclic amines) is 1. The van der Waals surface area contributed by atoms with E-state index in [1.165, 1.54) is 24.6 Å². The first kappa shape index (κ1) is 22.7. The number of aryl methyl sites for hydroxylation is 1. The molecule has 3 heterocycles. The predicted octanol–water partition coefficient (Wildman–Crippen LogP) is 4.10. The van der Waals surface area contributed by atoms with E-state index in [0.717, 1.165) is 48.3 Å². The van der Waals surface area contributed by atoms with E-state index >= 15 is 0 Å². The Balaban J connectivity index is 1.56. The van der Waals surface area contributed by atoms with Crippen molar-refractivity contribution in [2.45, 2.75) is 25.7 Å². The number of halogens is 1. The molecular weight excluding hydrogens is 407 g/mol. The molecule has 0 saturated carbocycles. The second-order valence-corrected chi connectivity index (χ2v) is 8.49. The maximum absolute atomic E-state index is 14.7. The highest BCUT2D eigenvalue weighted by Crippen LogP contribution is 2.35. The Hall–Kier alpha value is -2.48. The zero-order chi connectivity index (χ0) is 22.5. The lowest BCUT2D eigenvalue weighted by atomic mass is 9.88. The van der Waals surface area contributed by atoms with Crippen molar-refractivity contribution < 1.29 is 13.9 Å². The Kier molecular flexibility index (Phi) is 7.40. The van der Waals surface area contributed by atoms with Crippen LogP contribution in [0.1, 0.15) is 29.9 Å². The fourth-order valence-electron chi connectivity index (χ4n) is 4.55. The fourth-order valence-corrected chi connectivity index (χ4v) is 4.55. The minimum absolute atomic E-state index is 0.368. The van der Waals surface area contributed by atoms with Gasteiger partial charge in [-0.2, -0.15) is 0 Å². The number of rotatable bonds is 9. The number of pyridine rings is 1. The highest BCUT2D eigenvalue weighted by atomic mass is 19.1. The predicted molar refractivity (Wildman–Crippen MR) is 126 cm³/mol. The van der Waals surface area contributed by atoms with E-state index in [1.807, 2.05) is 14.0 Å². The standard InChI is InChI=1S/C25H33FN4O2/c1-17-20-14-19(18-6-9-30(10-7-18)11-8-27-2)4-5-23(20)29-25(17)21-15-24(28-16-22(21)26)32-13-12-31-3/h4-5,14-16,18,27,29H,6-13H2,1-3H3. The number of nitrogens with zero attached hydrogens (tertiary/aromatic N) is 2. The van der Waals surface area contributed by atoms with Crippen LogP contribution in [0.15, 0.2) is 30.5 Å². The minimum Gasteiger partial charge on any atom is -0.475 e. The lowest BCUT2D eigenvalue weighted by Crippen LogP contribution is -2.37. The lowest BCUT2D eigenvalue weighted by Gasteiger charge is -2.32. The van der Waals surface area contributed by atoms with E-state index in [-0.39, 0.29) is 5.82 Å². The van der Waals surface area contributed by atoms with Crippen molar-refractivity contribution in [3.05, 3.63) is 47.4 Å². The van der Waals surface area contributed by atoms with Crippen molar-refractivity contribution in [1.82, 2.24) is 20.2 Å². The molecule has 0 spiro atoms. The number of hydrogen-bond acceptors (Lipinski definition) is 5. The Morgan fingerprint density at radius 1 is 1.22 bits per heavy atom. The number of H-pyrrole nitrogens is 1. The summed E-state index contributed by atoms with van der Waals surface area (Å²) in [6.45, 7) is 7.29. The fraction of sp³-hybridized carbons (Fsp3) is 0.480. The summed E-state index contributed by atoms with van der Waals surface area (Å²) in [7, 11) is 3.62. The first-order chi connectivity index (χ1) is 15.6. The van der Waals surface area contributed by atoms with Gasteiger partial charge in [-0.25, -0.2) is 9.37 Å². The first-order valence-corrected chi connectivity index (χ1v) is 11.4. The van der Waals surface area contributed by atoms with Gasteiger partial charge in [0, 0.05) is 42.7 Å². The number of fused-ring (bicyclic) bond motifs is 1. The zero-order valence-electron chi connectivity index (χ0n) is 19.2. The van der Waals surface area contributed by atoms with Crippen molar-refractivity contribution in [2.75, 3.05) is 53.6 Å². The number of aromatic amines is 1. The van der Waals surface area contributed by atoms with Crippen LogP contribution in [0.3, 0.4) is 0 Å². The lowest BCUT2D eigenvalue weighted by molar-refractivity contribution is 0.143. The first-order valence-electron chi connectivity index (χ1n) is 11.4. The van der Waals surface area contributed by atoms with Crippen LogP contribution in [0.4, 0.5) is 4.39 Å². The molecule has 1 aliphatic heterocycles. The van der Waals surface area contributed by atoms with Gasteiger partial charge in [0.05, 0.1) is 18.5 Å². The summed E-state index contributed by atoms with van der Waals surface area (Å²) in [5, 5.41) is 4.38. The SMILES string of the molecule is CNCCN1CCC(c2ccc3[nH]c(-c4cc(OCCOC)ncc4F)c(C)c3c2)CC1. The van der Waals surface area contributed by atoms with Gasteiger partial charge in [0.25, 0.3) is 0 Å². The summed E-state index contributed by atoms with van der Waals surface area (Å²) < 4.78 is 25.3. The summed E-state index contributed by atoms with van der Waals surface area (Å²) in [4.78, 5) is 9.99. The van der Waals surface area contributed by atoms with Gasteiger partial charge in [-0.1, -0.05) is 6.07 Å². The van der Waals surface area contributed by atoms with Crippen molar-refractivity contribution in [1.29, 1.82) is 0 Å². The van der Waals surface area contributed by atoms with Crippen LogP contribution < -0.4 is 10.1 Å². The minimum atomic E-state index is -0.368. The summed E-state index contributed by atoms with van der Waals surface area (Å²) >= 11 is 0. The average molecular weight is 441 g/mol. The number of nitrogens with one attached hydrogen (secondary N) is 2. The number of benzene rings is 1. The zero-order valence-corrected chi connectivity index (χ0v) is 19.2. The molecule has 0 bridgehead atoms. The van der Waals surface area contributed by atoms with E-state index in [0.29, 0.717) is 30.6 Å². The molecular formula is C25H33FN4O2. The van der Waals surface area contributed by atoms with Gasteiger partial charge in [-0.15, -0.1) is 0 Å². The third kappa shape index (κ3) is 4.95. The van der Waals surface area contributed by atoms with Crippen LogP contribution in [-0.2, 0) is 4.74 Å². The molecule has 2 N–H and O–H groups in total. The Labute approximate surface area is 189 Å². The second kappa shape index (κ2) is 10.4. The topological polar surface area (TPSA) is 62.4 Å². The van der Waals surface area contributed by atoms with Gasteiger partial charge < -0.3 is 24.7 Å². The molecule has 0 amide bonds. The smallest absolute Gasteiger partial charge is 0.214 e. The molecule has 2 aromatic heterocycles. The molecule has 0 atom stereocenters. The van der Waals surface area contributed by atoms with Gasteiger partial charge in [-0.05, 0) is 69.1 Å². The molecule has 6 nitrogen and oxygen atoms in total. The number of hydrogen-bond donors (Lipinski definition) is 2. The Morgan fingerprint density at radius 2 is 2.03 bits per heavy atom. The van der Waals surface area contributed by atoms with Crippen LogP contribution in [0.25, 0.3) is 22.2 Å². The Morgan fingerprint density at radius 3 is 2.78 bits per heavy atom. The largest absolute Gasteiger partial charge is 0.475 e. The second-order valence-electron chi connectivity index (χ2n) is 8.49. The third-order valence-corrected chi connectivity index (χ3v) is 6.46. The monoisotopic (exact) mass is 440 g/mol. The third-order valence-electron chi connectivity index (χ3n) is 6.46. The number of ether oxygens (including phenoxy) is 2. The molecule has 0 radical (unpaired) electrons. The number of methoxy groups -OCH3 is 1. The number of aromatic nitrogens is 2. The molecule has 1 saturated heterocycles. The van der Waals surface area contributed by atoms with Crippen LogP contribution in [0.2, 0.25) is 0 Å². The molecule has 7 heteroatoms. The maximum atomic E-state index is 14.7. The van der Waals surface area contributed by atoms with Crippen LogP contribution in [-0.4, -0.2) is 68.4 Å². The highest BCUT2D eigenvalue weighted by molar-refractivity contribution is 5.91. The van der Waals surface area contributed by atoms with Crippen molar-refractivity contribution >= 4 is 10.9 Å². The summed E-state index contributed by atoms with van der Waals surface area (Å²) in [6.07, 6.45) is 3.56. The van der Waals surface area contributed by atoms with Crippen molar-refractivity contribution in [3.63, 3.8) is 0 Å². The molecule has 1 aliphatic rings. The molecule has 3 aromatic rings. The van der Waals surface area contributed by atoms with E-state index in [9.17, 15) is 4.39 Å². The van der Waals surface area contributed by atoms with Crippen LogP contribution in [0.5, 0.6) is 5.88 Å². The van der Waals surface area contributed by atoms with Gasteiger partial charge in [-0.3, -0.25) is 0 Å². The van der Waals surface area contributed by atoms with Gasteiger partial charge in [0.2, 0.25) is 5.88 Å². The van der Waals surface area contributed by atoms with Gasteiger partial charge >= 0.3 is 0 Å². The normalized spacial score (nSPS) is 15.5. The average Bonchev–Trinajstić information content (AvgIpc) is 3.15. The summed E-state index contributed by atoms with van der Waals surface area (Å²) in [5.74, 6) is 0.594. The van der Waals surface area contributed by atoms with E-state index in [4.69, 9.17) is 9.47 Å². The summed E-state index contributed by atoms with van der Waals surface area (Å²) in [5.41, 5.74) is 4.68. The highest BCUT2D eigenvalue weighted by Gasteiger charge is 2.22. The van der Waals surface area contributed by atoms with E-state index in [2.05, 4.69) is 38.4 Å². The van der Waals surface area contributed by atoms with Crippen LogP contribution in [0, 0.1) is 12.7 Å². The molecule has 0 aliphatic carbocycles. The van der Waals surface area contributed by atoms with Crippen LogP contribution >= 0.6 is 0 Å². The molecule has 1 aromatic carbocycles. The summed E-state index contributed by atoms with van der Waals surface area (Å²) in [6, 6.07) is 8.29. The van der Waals surface area contributed by atoms with Crippen molar-refractivity contribution in [2.24, 2.45) is 0 Å². The maximum Gasteiger partial charge on any atom is 0.214 e. The number of likely N-dealkylation sites (N-methyl/N-ethyl adjacent to an activating group) is 1. The molecule has 4 rings (SSSR count). The van der Waals surface area contributed by atoms with Crippen molar-refractivity contribution in [3.8, 4) is 17.1 Å². The molecule has 0 unspecified atom stereocenters. The van der Waals surface area contributed by atoms with E-state index in [1.54, 1.807) is 13.2 Å². The van der Waals surface area contributed by atoms with Gasteiger partial charge in [0.1, 0.15) is 6.61 Å². The quantitative estimate of drug-likeness (QED) is 0.491. The van der Waals surface area contributed by atoms with Gasteiger partial charge in [0.15, 0.2) is 5.82 Å². The molecule has 172 valence electrons. The number of piperidine rings is 1. The van der Waals surface area contributed by atoms with E-state index < -0.39 is 0 Å². The molecule has 32 heavy (non-hydrogen) atoms. The molecule has 1 fully saturated rings. The Bertz CT molecular complexity index is 1040.